The molecule has 0 aliphatic heterocycles. The van der Waals surface area contributed by atoms with Gasteiger partial charge in [-0.2, -0.15) is 0 Å². The fourth-order valence-electron chi connectivity index (χ4n) is 1.66. The average Bonchev–Trinajstić information content (AvgIpc) is 2.38. The van der Waals surface area contributed by atoms with Crippen LogP contribution >= 0.6 is 24.0 Å². The summed E-state index contributed by atoms with van der Waals surface area (Å²) in [5.74, 6) is 2.58. The first-order chi connectivity index (χ1) is 9.04. The lowest BCUT2D eigenvalue weighted by molar-refractivity contribution is 0.325. The van der Waals surface area contributed by atoms with E-state index in [9.17, 15) is 0 Å². The summed E-state index contributed by atoms with van der Waals surface area (Å²) in [5, 5.41) is 0. The van der Waals surface area contributed by atoms with Crippen LogP contribution in [-0.4, -0.2) is 64.2 Å². The van der Waals surface area contributed by atoms with Crippen LogP contribution in [-0.2, 0) is 0 Å². The second-order valence-corrected chi connectivity index (χ2v) is 4.49. The lowest BCUT2D eigenvalue weighted by Gasteiger charge is -2.22. The van der Waals surface area contributed by atoms with Gasteiger partial charge >= 0.3 is 0 Å². The van der Waals surface area contributed by atoms with Gasteiger partial charge in [-0.15, -0.1) is 24.0 Å². The van der Waals surface area contributed by atoms with Crippen LogP contribution < -0.4 is 9.47 Å². The van der Waals surface area contributed by atoms with Crippen molar-refractivity contribution in [3.63, 3.8) is 0 Å². The molecular formula is C14H24IN3O2. The lowest BCUT2D eigenvalue weighted by Crippen LogP contribution is -2.35. The Kier molecular flexibility index (Phi) is 9.11. The van der Waals surface area contributed by atoms with Crippen LogP contribution in [0.2, 0.25) is 0 Å². The maximum Gasteiger partial charge on any atom is 0.195 e. The molecule has 0 aliphatic carbocycles. The molecule has 1 aromatic rings. The summed E-state index contributed by atoms with van der Waals surface area (Å²) in [6.45, 7) is 1.18. The van der Waals surface area contributed by atoms with Crippen LogP contribution in [0.5, 0.6) is 11.5 Å². The van der Waals surface area contributed by atoms with Gasteiger partial charge in [0.05, 0.1) is 13.7 Å². The predicted octanol–water partition coefficient (Wildman–Crippen LogP) is 2.17. The van der Waals surface area contributed by atoms with Gasteiger partial charge in [-0.1, -0.05) is 0 Å². The highest BCUT2D eigenvalue weighted by Gasteiger charge is 2.03. The molecule has 0 heterocycles. The summed E-state index contributed by atoms with van der Waals surface area (Å²) in [7, 11) is 9.55. The minimum Gasteiger partial charge on any atom is -0.497 e. The number of ether oxygens (including phenoxy) is 2. The van der Waals surface area contributed by atoms with E-state index in [1.54, 1.807) is 7.11 Å². The van der Waals surface area contributed by atoms with Crippen molar-refractivity contribution in [2.75, 3.05) is 48.5 Å². The molecule has 0 fully saturated rings. The Labute approximate surface area is 138 Å². The molecule has 0 atom stereocenters. The minimum absolute atomic E-state index is 0. The number of nitrogens with zero attached hydrogens (tertiary/aromatic N) is 3. The van der Waals surface area contributed by atoms with Gasteiger partial charge in [-0.3, -0.25) is 0 Å². The van der Waals surface area contributed by atoms with E-state index in [0.29, 0.717) is 13.2 Å². The molecule has 0 saturated carbocycles. The second kappa shape index (κ2) is 9.68. The normalized spacial score (nSPS) is 9.25. The van der Waals surface area contributed by atoms with Crippen LogP contribution in [0.25, 0.3) is 0 Å². The largest absolute Gasteiger partial charge is 0.497 e. The topological polar surface area (TPSA) is 37.3 Å². The van der Waals surface area contributed by atoms with Crippen LogP contribution in [0, 0.1) is 0 Å². The summed E-state index contributed by atoms with van der Waals surface area (Å²) in [5.41, 5.74) is 0. The van der Waals surface area contributed by atoms with E-state index < -0.39 is 0 Å². The van der Waals surface area contributed by atoms with Crippen molar-refractivity contribution in [3.8, 4) is 11.5 Å². The minimum atomic E-state index is 0. The molecule has 0 N–H and O–H groups in total. The highest BCUT2D eigenvalue weighted by molar-refractivity contribution is 14.0. The fraction of sp³-hybridized carbons (Fsp3) is 0.500. The van der Waals surface area contributed by atoms with Crippen molar-refractivity contribution < 1.29 is 9.47 Å². The Hall–Kier alpha value is -1.18. The Morgan fingerprint density at radius 2 is 1.50 bits per heavy atom. The van der Waals surface area contributed by atoms with Crippen molar-refractivity contribution in [1.82, 2.24) is 9.80 Å². The molecule has 0 spiro atoms. The number of hydrogen-bond donors (Lipinski definition) is 0. The van der Waals surface area contributed by atoms with Crippen molar-refractivity contribution in [1.29, 1.82) is 0 Å². The number of rotatable bonds is 5. The number of methoxy groups -OCH3 is 1. The quantitative estimate of drug-likeness (QED) is 0.333. The van der Waals surface area contributed by atoms with Crippen molar-refractivity contribution in [2.45, 2.75) is 0 Å². The van der Waals surface area contributed by atoms with Crippen LogP contribution in [0.1, 0.15) is 0 Å². The third-order valence-electron chi connectivity index (χ3n) is 2.47. The van der Waals surface area contributed by atoms with Crippen LogP contribution in [0.3, 0.4) is 0 Å². The SMILES string of the molecule is COc1ccc(OCCN=C(N(C)C)N(C)C)cc1.I. The molecule has 0 aliphatic rings. The highest BCUT2D eigenvalue weighted by Crippen LogP contribution is 2.16. The van der Waals surface area contributed by atoms with E-state index in [4.69, 9.17) is 9.47 Å². The highest BCUT2D eigenvalue weighted by atomic mass is 127. The first-order valence-corrected chi connectivity index (χ1v) is 6.20. The third-order valence-corrected chi connectivity index (χ3v) is 2.47. The molecule has 0 unspecified atom stereocenters. The second-order valence-electron chi connectivity index (χ2n) is 4.49. The maximum absolute atomic E-state index is 5.62. The number of halogens is 1. The molecule has 0 bridgehead atoms. The van der Waals surface area contributed by atoms with Gasteiger partial charge < -0.3 is 19.3 Å². The maximum atomic E-state index is 5.62. The number of benzene rings is 1. The Bertz CT molecular complexity index is 395. The monoisotopic (exact) mass is 393 g/mol. The molecule has 0 radical (unpaired) electrons. The van der Waals surface area contributed by atoms with E-state index in [-0.39, 0.29) is 24.0 Å². The van der Waals surface area contributed by atoms with E-state index in [1.807, 2.05) is 62.3 Å². The van der Waals surface area contributed by atoms with Crippen molar-refractivity contribution in [3.05, 3.63) is 24.3 Å². The van der Waals surface area contributed by atoms with Crippen LogP contribution in [0.4, 0.5) is 0 Å². The number of aliphatic imine (C=N–C) groups is 1. The Morgan fingerprint density at radius 3 is 1.95 bits per heavy atom. The predicted molar refractivity (Wildman–Crippen MR) is 93.6 cm³/mol. The standard InChI is InChI=1S/C14H23N3O2.HI/c1-16(2)14(17(3)4)15-10-11-19-13-8-6-12(18-5)7-9-13;/h6-9H,10-11H2,1-5H3;1H. The smallest absolute Gasteiger partial charge is 0.195 e. The molecule has 0 amide bonds. The van der Waals surface area contributed by atoms with Crippen molar-refractivity contribution in [2.24, 2.45) is 4.99 Å². The third kappa shape index (κ3) is 6.31. The van der Waals surface area contributed by atoms with Gasteiger partial charge in [-0.25, -0.2) is 4.99 Å². The lowest BCUT2D eigenvalue weighted by atomic mass is 10.3. The molecule has 114 valence electrons. The zero-order valence-electron chi connectivity index (χ0n) is 12.8. The summed E-state index contributed by atoms with van der Waals surface area (Å²) in [4.78, 5) is 8.45. The van der Waals surface area contributed by atoms with Crippen molar-refractivity contribution >= 4 is 29.9 Å². The Morgan fingerprint density at radius 1 is 1.00 bits per heavy atom. The summed E-state index contributed by atoms with van der Waals surface area (Å²) >= 11 is 0. The van der Waals surface area contributed by atoms with Gasteiger partial charge in [0, 0.05) is 28.2 Å². The number of hydrogen-bond acceptors (Lipinski definition) is 3. The summed E-state index contributed by atoms with van der Waals surface area (Å²) in [6, 6.07) is 7.54. The van der Waals surface area contributed by atoms with E-state index in [0.717, 1.165) is 17.5 Å². The first kappa shape index (κ1) is 18.8. The molecule has 0 saturated heterocycles. The van der Waals surface area contributed by atoms with Gasteiger partial charge in [0.2, 0.25) is 0 Å². The fourth-order valence-corrected chi connectivity index (χ4v) is 1.66. The molecule has 1 rings (SSSR count). The van der Waals surface area contributed by atoms with Crippen LogP contribution in [0.15, 0.2) is 29.3 Å². The van der Waals surface area contributed by atoms with Gasteiger partial charge in [-0.05, 0) is 24.3 Å². The van der Waals surface area contributed by atoms with Gasteiger partial charge in [0.15, 0.2) is 5.96 Å². The zero-order valence-corrected chi connectivity index (χ0v) is 15.1. The van der Waals surface area contributed by atoms with E-state index in [1.165, 1.54) is 0 Å². The molecule has 20 heavy (non-hydrogen) atoms. The van der Waals surface area contributed by atoms with E-state index in [2.05, 4.69) is 4.99 Å². The molecule has 0 aromatic heterocycles. The molecule has 1 aromatic carbocycles. The summed E-state index contributed by atoms with van der Waals surface area (Å²) in [6.07, 6.45) is 0. The Balaban J connectivity index is 0.00000361. The first-order valence-electron chi connectivity index (χ1n) is 6.20. The zero-order chi connectivity index (χ0) is 14.3. The molecule has 6 heteroatoms. The van der Waals surface area contributed by atoms with Gasteiger partial charge in [0.1, 0.15) is 18.1 Å². The van der Waals surface area contributed by atoms with Gasteiger partial charge in [0.25, 0.3) is 0 Å². The summed E-state index contributed by atoms with van der Waals surface area (Å²) < 4.78 is 10.7. The molecular weight excluding hydrogens is 369 g/mol. The van der Waals surface area contributed by atoms with E-state index >= 15 is 0 Å². The molecule has 5 nitrogen and oxygen atoms in total. The number of guanidine groups is 1. The average molecular weight is 393 g/mol.